The second-order valence-electron chi connectivity index (χ2n) is 6.04. The van der Waals surface area contributed by atoms with Crippen molar-refractivity contribution in [3.63, 3.8) is 0 Å². The average molecular weight is 313 g/mol. The molecule has 0 fully saturated rings. The summed E-state index contributed by atoms with van der Waals surface area (Å²) in [5, 5.41) is 11.4. The highest BCUT2D eigenvalue weighted by molar-refractivity contribution is 7.16. The number of nitrogens with one attached hydrogen (secondary N) is 1. The Labute approximate surface area is 133 Å². The summed E-state index contributed by atoms with van der Waals surface area (Å²) in [6.45, 7) is 4.36. The Morgan fingerprint density at radius 1 is 1.36 bits per heavy atom. The molecule has 5 nitrogen and oxygen atoms in total. The summed E-state index contributed by atoms with van der Waals surface area (Å²) in [5.74, 6) is 0.931. The standard InChI is InChI=1S/C16H19N5S/c1-10(2)21-14-11(8-19-21)4-3-5-13(14)20-15-12-6-7-22-16(12)18-9-17-15/h6-10,13H,3-5H2,1-2H3,(H,17,18,20). The maximum Gasteiger partial charge on any atom is 0.138 e. The molecule has 0 saturated heterocycles. The molecule has 0 aliphatic heterocycles. The Morgan fingerprint density at radius 3 is 3.14 bits per heavy atom. The van der Waals surface area contributed by atoms with E-state index in [9.17, 15) is 0 Å². The largest absolute Gasteiger partial charge is 0.361 e. The molecule has 0 bridgehead atoms. The van der Waals surface area contributed by atoms with Crippen molar-refractivity contribution in [2.45, 2.75) is 45.2 Å². The van der Waals surface area contributed by atoms with E-state index in [1.807, 2.05) is 6.20 Å². The van der Waals surface area contributed by atoms with E-state index in [-0.39, 0.29) is 6.04 Å². The summed E-state index contributed by atoms with van der Waals surface area (Å²) in [6, 6.07) is 2.73. The highest BCUT2D eigenvalue weighted by Gasteiger charge is 2.26. The van der Waals surface area contributed by atoms with E-state index < -0.39 is 0 Å². The van der Waals surface area contributed by atoms with Crippen LogP contribution in [0, 0.1) is 0 Å². The number of nitrogens with zero attached hydrogens (tertiary/aromatic N) is 4. The molecule has 1 unspecified atom stereocenters. The van der Waals surface area contributed by atoms with Crippen LogP contribution in [0.4, 0.5) is 5.82 Å². The lowest BCUT2D eigenvalue weighted by Crippen LogP contribution is -2.22. The number of aromatic nitrogens is 4. The average Bonchev–Trinajstić information content (AvgIpc) is 3.14. The maximum absolute atomic E-state index is 4.59. The molecule has 0 amide bonds. The van der Waals surface area contributed by atoms with Crippen molar-refractivity contribution >= 4 is 27.4 Å². The maximum atomic E-state index is 4.59. The molecule has 1 atom stereocenters. The fraction of sp³-hybridized carbons (Fsp3) is 0.438. The van der Waals surface area contributed by atoms with Crippen LogP contribution in [-0.2, 0) is 6.42 Å². The van der Waals surface area contributed by atoms with Crippen molar-refractivity contribution in [2.24, 2.45) is 0 Å². The third-order valence-electron chi connectivity index (χ3n) is 4.24. The number of anilines is 1. The zero-order valence-electron chi connectivity index (χ0n) is 12.8. The van der Waals surface area contributed by atoms with Crippen LogP contribution < -0.4 is 5.32 Å². The van der Waals surface area contributed by atoms with Crippen LogP contribution in [-0.4, -0.2) is 19.7 Å². The Hall–Kier alpha value is -1.95. The van der Waals surface area contributed by atoms with Crippen molar-refractivity contribution in [3.05, 3.63) is 35.2 Å². The first-order valence-corrected chi connectivity index (χ1v) is 8.63. The molecule has 3 heterocycles. The van der Waals surface area contributed by atoms with Crippen LogP contribution in [0.2, 0.25) is 0 Å². The van der Waals surface area contributed by atoms with E-state index >= 15 is 0 Å². The molecule has 3 aromatic rings. The molecular formula is C16H19N5S. The summed E-state index contributed by atoms with van der Waals surface area (Å²) in [6.07, 6.45) is 7.10. The van der Waals surface area contributed by atoms with Crippen molar-refractivity contribution in [1.82, 2.24) is 19.7 Å². The smallest absolute Gasteiger partial charge is 0.138 e. The van der Waals surface area contributed by atoms with Gasteiger partial charge < -0.3 is 5.32 Å². The van der Waals surface area contributed by atoms with E-state index in [0.717, 1.165) is 28.9 Å². The molecule has 0 aromatic carbocycles. The Bertz CT molecular complexity index is 804. The van der Waals surface area contributed by atoms with Gasteiger partial charge in [0.15, 0.2) is 0 Å². The molecule has 3 aromatic heterocycles. The molecule has 22 heavy (non-hydrogen) atoms. The quantitative estimate of drug-likeness (QED) is 0.795. The summed E-state index contributed by atoms with van der Waals surface area (Å²) in [4.78, 5) is 9.82. The molecule has 0 radical (unpaired) electrons. The molecule has 114 valence electrons. The van der Waals surface area contributed by atoms with Gasteiger partial charge in [-0.2, -0.15) is 5.10 Å². The van der Waals surface area contributed by atoms with Gasteiger partial charge in [0.25, 0.3) is 0 Å². The molecule has 4 rings (SSSR count). The van der Waals surface area contributed by atoms with Crippen LogP contribution in [0.5, 0.6) is 0 Å². The minimum absolute atomic E-state index is 0.270. The molecular weight excluding hydrogens is 294 g/mol. The lowest BCUT2D eigenvalue weighted by molar-refractivity contribution is 0.469. The minimum Gasteiger partial charge on any atom is -0.361 e. The minimum atomic E-state index is 0.270. The topological polar surface area (TPSA) is 55.6 Å². The number of rotatable bonds is 3. The van der Waals surface area contributed by atoms with Crippen LogP contribution in [0.3, 0.4) is 0 Å². The second kappa shape index (κ2) is 5.35. The van der Waals surface area contributed by atoms with Crippen molar-refractivity contribution in [1.29, 1.82) is 0 Å². The number of hydrogen-bond donors (Lipinski definition) is 1. The lowest BCUT2D eigenvalue weighted by Gasteiger charge is -2.27. The van der Waals surface area contributed by atoms with Crippen LogP contribution >= 0.6 is 11.3 Å². The lowest BCUT2D eigenvalue weighted by atomic mass is 9.93. The van der Waals surface area contributed by atoms with Gasteiger partial charge in [-0.1, -0.05) is 0 Å². The Morgan fingerprint density at radius 2 is 2.27 bits per heavy atom. The molecule has 1 N–H and O–H groups in total. The first-order chi connectivity index (χ1) is 10.7. The van der Waals surface area contributed by atoms with Gasteiger partial charge in [0.1, 0.15) is 17.0 Å². The normalized spacial score (nSPS) is 17.9. The fourth-order valence-corrected chi connectivity index (χ4v) is 3.97. The Balaban J connectivity index is 1.73. The summed E-state index contributed by atoms with van der Waals surface area (Å²) in [5.41, 5.74) is 2.69. The molecule has 1 aliphatic rings. The zero-order chi connectivity index (χ0) is 15.1. The highest BCUT2D eigenvalue weighted by atomic mass is 32.1. The van der Waals surface area contributed by atoms with Crippen molar-refractivity contribution in [2.75, 3.05) is 5.32 Å². The summed E-state index contributed by atoms with van der Waals surface area (Å²) < 4.78 is 2.15. The first-order valence-electron chi connectivity index (χ1n) is 7.75. The predicted molar refractivity (Wildman–Crippen MR) is 89.3 cm³/mol. The first kappa shape index (κ1) is 13.7. The van der Waals surface area contributed by atoms with Gasteiger partial charge in [-0.3, -0.25) is 4.68 Å². The van der Waals surface area contributed by atoms with Crippen LogP contribution in [0.1, 0.15) is 50.0 Å². The summed E-state index contributed by atoms with van der Waals surface area (Å²) >= 11 is 1.65. The van der Waals surface area contributed by atoms with E-state index in [4.69, 9.17) is 0 Å². The van der Waals surface area contributed by atoms with Gasteiger partial charge in [-0.25, -0.2) is 9.97 Å². The van der Waals surface area contributed by atoms with Crippen LogP contribution in [0.25, 0.3) is 10.2 Å². The molecule has 6 heteroatoms. The SMILES string of the molecule is CC(C)n1ncc2c1C(Nc1ncnc3sccc13)CCC2. The fourth-order valence-electron chi connectivity index (χ4n) is 3.24. The van der Waals surface area contributed by atoms with Gasteiger partial charge >= 0.3 is 0 Å². The Kier molecular flexibility index (Phi) is 3.33. The van der Waals surface area contributed by atoms with E-state index in [2.05, 4.69) is 50.4 Å². The molecule has 1 aliphatic carbocycles. The number of thiophene rings is 1. The van der Waals surface area contributed by atoms with E-state index in [1.54, 1.807) is 17.7 Å². The third-order valence-corrected chi connectivity index (χ3v) is 5.07. The second-order valence-corrected chi connectivity index (χ2v) is 6.94. The van der Waals surface area contributed by atoms with Gasteiger partial charge in [-0.15, -0.1) is 11.3 Å². The third kappa shape index (κ3) is 2.18. The van der Waals surface area contributed by atoms with Gasteiger partial charge in [0.05, 0.1) is 23.3 Å². The number of hydrogen-bond acceptors (Lipinski definition) is 5. The van der Waals surface area contributed by atoms with E-state index in [1.165, 1.54) is 17.7 Å². The van der Waals surface area contributed by atoms with Crippen molar-refractivity contribution in [3.8, 4) is 0 Å². The highest BCUT2D eigenvalue weighted by Crippen LogP contribution is 2.35. The van der Waals surface area contributed by atoms with Gasteiger partial charge in [0, 0.05) is 6.04 Å². The van der Waals surface area contributed by atoms with Gasteiger partial charge in [0.2, 0.25) is 0 Å². The molecule has 0 spiro atoms. The predicted octanol–water partition coefficient (Wildman–Crippen LogP) is 3.96. The zero-order valence-corrected chi connectivity index (χ0v) is 13.6. The number of fused-ring (bicyclic) bond motifs is 2. The van der Waals surface area contributed by atoms with E-state index in [0.29, 0.717) is 6.04 Å². The molecule has 0 saturated carbocycles. The number of aryl methyl sites for hydroxylation is 1. The van der Waals surface area contributed by atoms with Crippen molar-refractivity contribution < 1.29 is 0 Å². The summed E-state index contributed by atoms with van der Waals surface area (Å²) in [7, 11) is 0. The van der Waals surface area contributed by atoms with Gasteiger partial charge in [-0.05, 0) is 50.1 Å². The van der Waals surface area contributed by atoms with Crippen LogP contribution in [0.15, 0.2) is 24.0 Å². The monoisotopic (exact) mass is 313 g/mol.